The molecule has 5 heteroatoms. The summed E-state index contributed by atoms with van der Waals surface area (Å²) in [6, 6.07) is 9.47. The largest absolute Gasteiger partial charge is 0.494 e. The van der Waals surface area contributed by atoms with Gasteiger partial charge in [-0.1, -0.05) is 31.2 Å². The third-order valence-corrected chi connectivity index (χ3v) is 6.53. The molecule has 3 rings (SSSR count). The lowest BCUT2D eigenvalue weighted by Gasteiger charge is -2.37. The summed E-state index contributed by atoms with van der Waals surface area (Å²) in [5, 5.41) is 0. The zero-order valence-corrected chi connectivity index (χ0v) is 17.4. The van der Waals surface area contributed by atoms with Crippen molar-refractivity contribution in [2.24, 2.45) is 0 Å². The van der Waals surface area contributed by atoms with Gasteiger partial charge in [0.1, 0.15) is 0 Å². The molecule has 0 radical (unpaired) electrons. The fourth-order valence-electron chi connectivity index (χ4n) is 3.64. The SMILES string of the molecule is CCC(C)N1CCN(Cc2ccc(B3OC(C)(C)C(C)(C)O3)cc2)CC1. The van der Waals surface area contributed by atoms with Crippen LogP contribution in [-0.2, 0) is 15.9 Å². The van der Waals surface area contributed by atoms with Crippen LogP contribution in [0, 0.1) is 0 Å². The number of hydrogen-bond donors (Lipinski definition) is 0. The molecule has 0 aromatic heterocycles. The lowest BCUT2D eigenvalue weighted by molar-refractivity contribution is 0.00578. The summed E-state index contributed by atoms with van der Waals surface area (Å²) >= 11 is 0. The minimum atomic E-state index is -0.286. The fraction of sp³-hybridized carbons (Fsp3) is 0.714. The summed E-state index contributed by atoms with van der Waals surface area (Å²) in [7, 11) is -0.270. The average molecular weight is 358 g/mol. The third-order valence-electron chi connectivity index (χ3n) is 6.53. The topological polar surface area (TPSA) is 24.9 Å². The van der Waals surface area contributed by atoms with Crippen LogP contribution in [0.2, 0.25) is 0 Å². The maximum atomic E-state index is 6.15. The Balaban J connectivity index is 1.55. The van der Waals surface area contributed by atoms with E-state index in [1.807, 2.05) is 0 Å². The molecule has 0 saturated carbocycles. The Morgan fingerprint density at radius 1 is 0.962 bits per heavy atom. The Bertz CT molecular complexity index is 579. The first-order chi connectivity index (χ1) is 12.2. The van der Waals surface area contributed by atoms with Gasteiger partial charge in [0.2, 0.25) is 0 Å². The summed E-state index contributed by atoms with van der Waals surface area (Å²) in [4.78, 5) is 5.17. The van der Waals surface area contributed by atoms with Crippen LogP contribution in [0.4, 0.5) is 0 Å². The highest BCUT2D eigenvalue weighted by molar-refractivity contribution is 6.62. The van der Waals surface area contributed by atoms with E-state index in [0.717, 1.165) is 25.1 Å². The molecule has 2 aliphatic heterocycles. The molecule has 144 valence electrons. The first-order valence-corrected chi connectivity index (χ1v) is 10.1. The van der Waals surface area contributed by atoms with E-state index in [-0.39, 0.29) is 18.3 Å². The zero-order chi connectivity index (χ0) is 18.9. The number of hydrogen-bond acceptors (Lipinski definition) is 4. The number of rotatable bonds is 5. The van der Waals surface area contributed by atoms with Gasteiger partial charge < -0.3 is 9.31 Å². The van der Waals surface area contributed by atoms with Crippen molar-refractivity contribution in [2.45, 2.75) is 71.8 Å². The van der Waals surface area contributed by atoms with Gasteiger partial charge in [-0.2, -0.15) is 0 Å². The van der Waals surface area contributed by atoms with E-state index in [1.54, 1.807) is 0 Å². The van der Waals surface area contributed by atoms with E-state index in [4.69, 9.17) is 9.31 Å². The second-order valence-electron chi connectivity index (χ2n) is 8.90. The molecule has 1 unspecified atom stereocenters. The summed E-state index contributed by atoms with van der Waals surface area (Å²) in [6.07, 6.45) is 1.24. The monoisotopic (exact) mass is 358 g/mol. The summed E-state index contributed by atoms with van der Waals surface area (Å²) in [5.74, 6) is 0. The molecule has 2 fully saturated rings. The fourth-order valence-corrected chi connectivity index (χ4v) is 3.64. The molecule has 0 amide bonds. The highest BCUT2D eigenvalue weighted by Gasteiger charge is 2.51. The second kappa shape index (κ2) is 7.63. The van der Waals surface area contributed by atoms with Crippen molar-refractivity contribution in [3.63, 3.8) is 0 Å². The van der Waals surface area contributed by atoms with Crippen molar-refractivity contribution in [1.29, 1.82) is 0 Å². The van der Waals surface area contributed by atoms with Gasteiger partial charge in [0.15, 0.2) is 0 Å². The summed E-state index contributed by atoms with van der Waals surface area (Å²) in [6.45, 7) is 18.7. The normalized spacial score (nSPS) is 24.8. The molecule has 0 bridgehead atoms. The van der Waals surface area contributed by atoms with Crippen molar-refractivity contribution in [3.05, 3.63) is 29.8 Å². The molecule has 2 aliphatic rings. The molecule has 0 N–H and O–H groups in total. The van der Waals surface area contributed by atoms with Crippen molar-refractivity contribution in [3.8, 4) is 0 Å². The second-order valence-corrected chi connectivity index (χ2v) is 8.90. The molecule has 1 atom stereocenters. The van der Waals surface area contributed by atoms with Crippen LogP contribution in [0.1, 0.15) is 53.5 Å². The van der Waals surface area contributed by atoms with Gasteiger partial charge in [0.05, 0.1) is 11.2 Å². The Hall–Kier alpha value is -0.875. The number of nitrogens with zero attached hydrogens (tertiary/aromatic N) is 2. The Morgan fingerprint density at radius 2 is 1.50 bits per heavy atom. The lowest BCUT2D eigenvalue weighted by Crippen LogP contribution is -2.49. The molecule has 2 heterocycles. The highest BCUT2D eigenvalue weighted by atomic mass is 16.7. The first-order valence-electron chi connectivity index (χ1n) is 10.1. The van der Waals surface area contributed by atoms with Crippen molar-refractivity contribution < 1.29 is 9.31 Å². The van der Waals surface area contributed by atoms with E-state index >= 15 is 0 Å². The molecule has 2 saturated heterocycles. The minimum absolute atomic E-state index is 0.270. The predicted molar refractivity (Wildman–Crippen MR) is 109 cm³/mol. The first kappa shape index (κ1) is 19.9. The smallest absolute Gasteiger partial charge is 0.399 e. The van der Waals surface area contributed by atoms with E-state index in [1.165, 1.54) is 25.1 Å². The Labute approximate surface area is 160 Å². The minimum Gasteiger partial charge on any atom is -0.399 e. The van der Waals surface area contributed by atoms with Crippen molar-refractivity contribution in [2.75, 3.05) is 26.2 Å². The molecule has 1 aromatic rings. The number of piperazine rings is 1. The van der Waals surface area contributed by atoms with Crippen LogP contribution < -0.4 is 5.46 Å². The van der Waals surface area contributed by atoms with Crippen molar-refractivity contribution >= 4 is 12.6 Å². The van der Waals surface area contributed by atoms with E-state index < -0.39 is 0 Å². The van der Waals surface area contributed by atoms with Gasteiger partial charge in [0, 0.05) is 38.8 Å². The molecule has 0 aliphatic carbocycles. The van der Waals surface area contributed by atoms with Crippen LogP contribution in [0.3, 0.4) is 0 Å². The Kier molecular flexibility index (Phi) is 5.83. The molecular weight excluding hydrogens is 323 g/mol. The third kappa shape index (κ3) is 4.17. The maximum absolute atomic E-state index is 6.15. The van der Waals surface area contributed by atoms with E-state index in [2.05, 4.69) is 75.6 Å². The van der Waals surface area contributed by atoms with Crippen LogP contribution >= 0.6 is 0 Å². The molecule has 26 heavy (non-hydrogen) atoms. The van der Waals surface area contributed by atoms with Gasteiger partial charge in [0.25, 0.3) is 0 Å². The quantitative estimate of drug-likeness (QED) is 0.756. The van der Waals surface area contributed by atoms with Crippen LogP contribution in [0.5, 0.6) is 0 Å². The van der Waals surface area contributed by atoms with Gasteiger partial charge in [-0.25, -0.2) is 0 Å². The lowest BCUT2D eigenvalue weighted by atomic mass is 9.79. The predicted octanol–water partition coefficient (Wildman–Crippen LogP) is 2.90. The van der Waals surface area contributed by atoms with Crippen LogP contribution in [0.25, 0.3) is 0 Å². The van der Waals surface area contributed by atoms with E-state index in [0.29, 0.717) is 6.04 Å². The standard InChI is InChI=1S/C21H35BN2O2/c1-7-17(2)24-14-12-23(13-15-24)16-18-8-10-19(11-9-18)22-25-20(3,4)21(5,6)26-22/h8-11,17H,7,12-16H2,1-6H3. The van der Waals surface area contributed by atoms with Gasteiger partial charge >= 0.3 is 7.12 Å². The van der Waals surface area contributed by atoms with Crippen LogP contribution in [0.15, 0.2) is 24.3 Å². The van der Waals surface area contributed by atoms with Crippen LogP contribution in [-0.4, -0.2) is 60.3 Å². The number of benzene rings is 1. The van der Waals surface area contributed by atoms with Crippen molar-refractivity contribution in [1.82, 2.24) is 9.80 Å². The van der Waals surface area contributed by atoms with Gasteiger partial charge in [-0.3, -0.25) is 9.80 Å². The highest BCUT2D eigenvalue weighted by Crippen LogP contribution is 2.36. The molecule has 1 aromatic carbocycles. The molecular formula is C21H35BN2O2. The zero-order valence-electron chi connectivity index (χ0n) is 17.4. The molecule has 0 spiro atoms. The van der Waals surface area contributed by atoms with Gasteiger partial charge in [-0.15, -0.1) is 0 Å². The molecule has 4 nitrogen and oxygen atoms in total. The summed E-state index contributed by atoms with van der Waals surface area (Å²) < 4.78 is 12.3. The summed E-state index contributed by atoms with van der Waals surface area (Å²) in [5.41, 5.74) is 1.90. The van der Waals surface area contributed by atoms with E-state index in [9.17, 15) is 0 Å². The average Bonchev–Trinajstić information content (AvgIpc) is 2.83. The Morgan fingerprint density at radius 3 is 2.00 bits per heavy atom. The maximum Gasteiger partial charge on any atom is 0.494 e. The van der Waals surface area contributed by atoms with Gasteiger partial charge in [-0.05, 0) is 52.1 Å².